The topological polar surface area (TPSA) is 65.7 Å². The first kappa shape index (κ1) is 25.4. The molecule has 0 bridgehead atoms. The minimum Gasteiger partial charge on any atom is -0.490 e. The lowest BCUT2D eigenvalue weighted by Crippen LogP contribution is -2.22. The van der Waals surface area contributed by atoms with Crippen molar-refractivity contribution in [3.8, 4) is 11.5 Å². The fourth-order valence-corrected chi connectivity index (χ4v) is 4.17. The molecule has 0 aliphatic heterocycles. The summed E-state index contributed by atoms with van der Waals surface area (Å²) in [6.07, 6.45) is 5.19. The molecule has 3 aromatic rings. The van der Waals surface area contributed by atoms with E-state index >= 15 is 0 Å². The second kappa shape index (κ2) is 11.8. The zero-order chi connectivity index (χ0) is 24.0. The standard InChI is InChI=1S/C25H29Br2N3O3/c1-5-8-9-23-29-21-11-10-18(26)14-19(21)25(31)30(23)28-15-17-12-20(27)24(33-16(4)6-2)22(13-17)32-7-3/h10-16H,5-9H2,1-4H3/t16-/m0/s1. The van der Waals surface area contributed by atoms with Crippen molar-refractivity contribution in [1.82, 2.24) is 9.66 Å². The molecule has 1 heterocycles. The molecule has 6 nitrogen and oxygen atoms in total. The first-order valence-electron chi connectivity index (χ1n) is 11.3. The number of hydrogen-bond donors (Lipinski definition) is 0. The third-order valence-corrected chi connectivity index (χ3v) is 6.26. The molecule has 0 amide bonds. The molecule has 33 heavy (non-hydrogen) atoms. The predicted molar refractivity (Wildman–Crippen MR) is 141 cm³/mol. The molecule has 0 aliphatic carbocycles. The predicted octanol–water partition coefficient (Wildman–Crippen LogP) is 6.72. The van der Waals surface area contributed by atoms with Crippen molar-refractivity contribution in [1.29, 1.82) is 0 Å². The monoisotopic (exact) mass is 577 g/mol. The number of fused-ring (bicyclic) bond motifs is 1. The summed E-state index contributed by atoms with van der Waals surface area (Å²) in [7, 11) is 0. The van der Waals surface area contributed by atoms with Crippen molar-refractivity contribution >= 4 is 49.0 Å². The van der Waals surface area contributed by atoms with Crippen LogP contribution in [0.5, 0.6) is 11.5 Å². The Morgan fingerprint density at radius 1 is 1.18 bits per heavy atom. The van der Waals surface area contributed by atoms with E-state index in [0.29, 0.717) is 41.3 Å². The Morgan fingerprint density at radius 3 is 2.67 bits per heavy atom. The highest BCUT2D eigenvalue weighted by Gasteiger charge is 2.15. The van der Waals surface area contributed by atoms with Crippen LogP contribution in [0, 0.1) is 0 Å². The van der Waals surface area contributed by atoms with Crippen molar-refractivity contribution in [3.05, 3.63) is 61.0 Å². The fourth-order valence-electron chi connectivity index (χ4n) is 3.26. The highest BCUT2D eigenvalue weighted by atomic mass is 79.9. The quantitative estimate of drug-likeness (QED) is 0.250. The number of unbranched alkanes of at least 4 members (excludes halogenated alkanes) is 1. The highest BCUT2D eigenvalue weighted by Crippen LogP contribution is 2.37. The Morgan fingerprint density at radius 2 is 1.97 bits per heavy atom. The molecular formula is C25H29Br2N3O3. The summed E-state index contributed by atoms with van der Waals surface area (Å²) < 4.78 is 14.9. The van der Waals surface area contributed by atoms with E-state index in [9.17, 15) is 4.79 Å². The van der Waals surface area contributed by atoms with Gasteiger partial charge in [0.15, 0.2) is 11.5 Å². The highest BCUT2D eigenvalue weighted by molar-refractivity contribution is 9.10. The van der Waals surface area contributed by atoms with Gasteiger partial charge in [0.1, 0.15) is 5.82 Å². The molecule has 3 rings (SSSR count). The number of aromatic nitrogens is 2. The molecule has 8 heteroatoms. The van der Waals surface area contributed by atoms with E-state index < -0.39 is 0 Å². The Bertz CT molecular complexity index is 1210. The largest absolute Gasteiger partial charge is 0.490 e. The summed E-state index contributed by atoms with van der Waals surface area (Å²) >= 11 is 7.04. The number of halogens is 2. The van der Waals surface area contributed by atoms with Crippen molar-refractivity contribution in [2.24, 2.45) is 5.10 Å². The lowest BCUT2D eigenvalue weighted by atomic mass is 10.2. The maximum absolute atomic E-state index is 13.3. The molecule has 1 atom stereocenters. The van der Waals surface area contributed by atoms with E-state index in [4.69, 9.17) is 14.5 Å². The van der Waals surface area contributed by atoms with Crippen LogP contribution >= 0.6 is 31.9 Å². The average Bonchev–Trinajstić information content (AvgIpc) is 2.79. The smallest absolute Gasteiger partial charge is 0.282 e. The van der Waals surface area contributed by atoms with Gasteiger partial charge < -0.3 is 9.47 Å². The van der Waals surface area contributed by atoms with Gasteiger partial charge in [-0.25, -0.2) is 4.98 Å². The molecule has 0 saturated carbocycles. The molecule has 0 radical (unpaired) electrons. The van der Waals surface area contributed by atoms with Gasteiger partial charge in [0.05, 0.1) is 34.3 Å². The summed E-state index contributed by atoms with van der Waals surface area (Å²) in [5.41, 5.74) is 1.27. The Balaban J connectivity index is 2.07. The molecule has 0 saturated heterocycles. The molecular weight excluding hydrogens is 550 g/mol. The number of hydrogen-bond acceptors (Lipinski definition) is 5. The van der Waals surface area contributed by atoms with Crippen LogP contribution in [0.25, 0.3) is 10.9 Å². The van der Waals surface area contributed by atoms with Gasteiger partial charge in [-0.2, -0.15) is 9.78 Å². The van der Waals surface area contributed by atoms with E-state index in [1.807, 2.05) is 38.1 Å². The Hall–Kier alpha value is -2.19. The third-order valence-electron chi connectivity index (χ3n) is 5.18. The van der Waals surface area contributed by atoms with Crippen LogP contribution in [0.3, 0.4) is 0 Å². The van der Waals surface area contributed by atoms with Gasteiger partial charge in [-0.3, -0.25) is 4.79 Å². The van der Waals surface area contributed by atoms with Crippen LogP contribution in [0.15, 0.2) is 49.2 Å². The number of aryl methyl sites for hydroxylation is 1. The summed E-state index contributed by atoms with van der Waals surface area (Å²) in [6.45, 7) is 8.64. The minimum atomic E-state index is -0.190. The van der Waals surface area contributed by atoms with Crippen LogP contribution < -0.4 is 15.0 Å². The molecule has 0 N–H and O–H groups in total. The first-order chi connectivity index (χ1) is 15.9. The molecule has 0 unspecified atom stereocenters. The summed E-state index contributed by atoms with van der Waals surface area (Å²) in [4.78, 5) is 18.0. The van der Waals surface area contributed by atoms with Gasteiger partial charge in [0, 0.05) is 10.9 Å². The molecule has 1 aromatic heterocycles. The second-order valence-electron chi connectivity index (χ2n) is 7.75. The van der Waals surface area contributed by atoms with E-state index in [1.165, 1.54) is 4.68 Å². The number of benzene rings is 2. The van der Waals surface area contributed by atoms with Crippen molar-refractivity contribution in [2.45, 2.75) is 59.5 Å². The van der Waals surface area contributed by atoms with Gasteiger partial charge in [0.2, 0.25) is 0 Å². The summed E-state index contributed by atoms with van der Waals surface area (Å²) in [5.74, 6) is 1.95. The van der Waals surface area contributed by atoms with Crippen LogP contribution in [0.1, 0.15) is 58.3 Å². The van der Waals surface area contributed by atoms with E-state index in [2.05, 4.69) is 50.8 Å². The zero-order valence-electron chi connectivity index (χ0n) is 19.4. The van der Waals surface area contributed by atoms with Gasteiger partial charge in [-0.15, -0.1) is 0 Å². The summed E-state index contributed by atoms with van der Waals surface area (Å²) in [6, 6.07) is 9.31. The molecule has 0 spiro atoms. The molecule has 176 valence electrons. The van der Waals surface area contributed by atoms with Crippen LogP contribution in [-0.4, -0.2) is 28.6 Å². The normalized spacial score (nSPS) is 12.4. The second-order valence-corrected chi connectivity index (χ2v) is 9.52. The lowest BCUT2D eigenvalue weighted by molar-refractivity contribution is 0.202. The van der Waals surface area contributed by atoms with E-state index in [0.717, 1.165) is 33.8 Å². The molecule has 2 aromatic carbocycles. The SMILES string of the molecule is CCCCc1nc2ccc(Br)cc2c(=O)n1N=Cc1cc(Br)c(O[C@@H](C)CC)c(OCC)c1. The number of rotatable bonds is 10. The molecule has 0 fully saturated rings. The van der Waals surface area contributed by atoms with Gasteiger partial charge >= 0.3 is 0 Å². The van der Waals surface area contributed by atoms with Crippen LogP contribution in [-0.2, 0) is 6.42 Å². The van der Waals surface area contributed by atoms with Gasteiger partial charge in [0.25, 0.3) is 5.56 Å². The number of nitrogens with zero attached hydrogens (tertiary/aromatic N) is 3. The van der Waals surface area contributed by atoms with Crippen molar-refractivity contribution in [3.63, 3.8) is 0 Å². The van der Waals surface area contributed by atoms with E-state index in [1.54, 1.807) is 12.3 Å². The van der Waals surface area contributed by atoms with Gasteiger partial charge in [-0.1, -0.05) is 36.2 Å². The fraction of sp³-hybridized carbons (Fsp3) is 0.400. The maximum Gasteiger partial charge on any atom is 0.282 e. The number of ether oxygens (including phenoxy) is 2. The Labute approximate surface area is 211 Å². The lowest BCUT2D eigenvalue weighted by Gasteiger charge is -2.18. The molecule has 0 aliphatic rings. The van der Waals surface area contributed by atoms with E-state index in [-0.39, 0.29) is 11.7 Å². The maximum atomic E-state index is 13.3. The average molecular weight is 579 g/mol. The third kappa shape index (κ3) is 6.23. The first-order valence-corrected chi connectivity index (χ1v) is 12.8. The Kier molecular flexibility index (Phi) is 9.09. The summed E-state index contributed by atoms with van der Waals surface area (Å²) in [5, 5.41) is 5.07. The van der Waals surface area contributed by atoms with Gasteiger partial charge in [-0.05, 0) is 78.5 Å². The zero-order valence-corrected chi connectivity index (χ0v) is 22.6. The van der Waals surface area contributed by atoms with Crippen molar-refractivity contribution < 1.29 is 9.47 Å². The van der Waals surface area contributed by atoms with Crippen molar-refractivity contribution in [2.75, 3.05) is 6.61 Å². The minimum absolute atomic E-state index is 0.0581. The van der Waals surface area contributed by atoms with Crippen LogP contribution in [0.4, 0.5) is 0 Å². The van der Waals surface area contributed by atoms with Crippen LogP contribution in [0.2, 0.25) is 0 Å².